The third kappa shape index (κ3) is 3.07. The van der Waals surface area contributed by atoms with Gasteiger partial charge < -0.3 is 15.5 Å². The Hall–Kier alpha value is -1.29. The summed E-state index contributed by atoms with van der Waals surface area (Å²) in [6.45, 7) is 2.75. The van der Waals surface area contributed by atoms with Gasteiger partial charge in [0.25, 0.3) is 5.91 Å². The summed E-state index contributed by atoms with van der Waals surface area (Å²) in [6, 6.07) is 3.30. The lowest BCUT2D eigenvalue weighted by Crippen LogP contribution is -2.35. The Kier molecular flexibility index (Phi) is 4.57. The predicted molar refractivity (Wildman–Crippen MR) is 92.0 cm³/mol. The van der Waals surface area contributed by atoms with Gasteiger partial charge in [-0.15, -0.1) is 0 Å². The number of amides is 1. The third-order valence-electron chi connectivity index (χ3n) is 4.17. The van der Waals surface area contributed by atoms with Crippen molar-refractivity contribution < 1.29 is 9.21 Å². The lowest BCUT2D eigenvalue weighted by atomic mass is 9.98. The zero-order valence-electron chi connectivity index (χ0n) is 12.1. The molecule has 1 saturated heterocycles. The Morgan fingerprint density at radius 3 is 2.95 bits per heavy atom. The first kappa shape index (κ1) is 15.6. The van der Waals surface area contributed by atoms with Crippen LogP contribution in [0.3, 0.4) is 0 Å². The Bertz CT molecular complexity index is 695. The fraction of sp³-hybridized carbons (Fsp3) is 0.400. The highest BCUT2D eigenvalue weighted by molar-refractivity contribution is 7.13. The summed E-state index contributed by atoms with van der Waals surface area (Å²) in [7, 11) is 2.73. The van der Waals surface area contributed by atoms with Gasteiger partial charge in [0.2, 0.25) is 0 Å². The van der Waals surface area contributed by atoms with E-state index in [1.807, 2.05) is 0 Å². The summed E-state index contributed by atoms with van der Waals surface area (Å²) >= 11 is 6.10. The molecule has 1 aliphatic heterocycles. The molecule has 0 saturated carbocycles. The molecule has 1 aliphatic rings. The van der Waals surface area contributed by atoms with Crippen molar-refractivity contribution in [3.63, 3.8) is 0 Å². The number of nitrogens with one attached hydrogen (secondary N) is 1. The Morgan fingerprint density at radius 1 is 1.50 bits per heavy atom. The topological polar surface area (TPSA) is 71.5 Å². The number of nitrogens with zero attached hydrogens (tertiary/aromatic N) is 1. The number of hydrogen-bond donors (Lipinski definition) is 2. The SMILES string of the molecule is Nc1c(Cl)cc(C(=O)NCC2CCN(P)CC2)c2occc12. The fourth-order valence-electron chi connectivity index (χ4n) is 2.79. The van der Waals surface area contributed by atoms with Gasteiger partial charge >= 0.3 is 0 Å². The van der Waals surface area contributed by atoms with E-state index in [-0.39, 0.29) is 5.91 Å². The molecule has 5 nitrogen and oxygen atoms in total. The maximum Gasteiger partial charge on any atom is 0.255 e. The number of anilines is 1. The van der Waals surface area contributed by atoms with E-state index in [1.165, 1.54) is 6.26 Å². The maximum absolute atomic E-state index is 12.4. The van der Waals surface area contributed by atoms with Crippen LogP contribution >= 0.6 is 21.0 Å². The van der Waals surface area contributed by atoms with Crippen molar-refractivity contribution >= 4 is 43.6 Å². The Morgan fingerprint density at radius 2 is 2.23 bits per heavy atom. The molecule has 3 N–H and O–H groups in total. The van der Waals surface area contributed by atoms with Gasteiger partial charge in [-0.1, -0.05) is 21.0 Å². The van der Waals surface area contributed by atoms with Crippen LogP contribution in [0, 0.1) is 5.92 Å². The molecule has 118 valence electrons. The molecule has 1 amide bonds. The number of nitrogens with two attached hydrogens (primary N) is 1. The van der Waals surface area contributed by atoms with Gasteiger partial charge in [0, 0.05) is 25.0 Å². The summed E-state index contributed by atoms with van der Waals surface area (Å²) in [5, 5.41) is 4.03. The van der Waals surface area contributed by atoms with Crippen molar-refractivity contribution in [3.05, 3.63) is 29.0 Å². The summed E-state index contributed by atoms with van der Waals surface area (Å²) < 4.78 is 7.63. The number of hydrogen-bond acceptors (Lipinski definition) is 4. The fourth-order valence-corrected chi connectivity index (χ4v) is 3.30. The Labute approximate surface area is 136 Å². The number of rotatable bonds is 3. The number of piperidine rings is 1. The van der Waals surface area contributed by atoms with Crippen LogP contribution in [-0.4, -0.2) is 30.2 Å². The van der Waals surface area contributed by atoms with Crippen molar-refractivity contribution in [2.75, 3.05) is 25.4 Å². The number of halogens is 1. The van der Waals surface area contributed by atoms with Crippen molar-refractivity contribution in [1.29, 1.82) is 0 Å². The molecule has 0 aliphatic carbocycles. The first-order valence-corrected chi connectivity index (χ1v) is 8.18. The van der Waals surface area contributed by atoms with Gasteiger partial charge in [0.05, 0.1) is 22.5 Å². The molecule has 1 fully saturated rings. The van der Waals surface area contributed by atoms with Crippen molar-refractivity contribution in [3.8, 4) is 0 Å². The van der Waals surface area contributed by atoms with Crippen molar-refractivity contribution in [2.24, 2.45) is 5.92 Å². The van der Waals surface area contributed by atoms with Gasteiger partial charge in [0.1, 0.15) is 5.58 Å². The minimum Gasteiger partial charge on any atom is -0.463 e. The molecule has 1 aromatic heterocycles. The van der Waals surface area contributed by atoms with Gasteiger partial charge in [-0.3, -0.25) is 9.46 Å². The zero-order valence-corrected chi connectivity index (χ0v) is 14.1. The molecule has 1 aromatic carbocycles. The number of carbonyl (C=O) groups excluding carboxylic acids is 1. The molecule has 1 unspecified atom stereocenters. The predicted octanol–water partition coefficient (Wildman–Crippen LogP) is 2.90. The minimum absolute atomic E-state index is 0.171. The van der Waals surface area contributed by atoms with Crippen LogP contribution in [0.5, 0.6) is 0 Å². The monoisotopic (exact) mass is 339 g/mol. The van der Waals surface area contributed by atoms with E-state index < -0.39 is 0 Å². The molecule has 2 heterocycles. The van der Waals surface area contributed by atoms with Crippen LogP contribution in [0.25, 0.3) is 11.0 Å². The van der Waals surface area contributed by atoms with E-state index in [2.05, 4.69) is 19.4 Å². The van der Waals surface area contributed by atoms with E-state index in [0.29, 0.717) is 39.7 Å². The molecule has 2 aromatic rings. The summed E-state index contributed by atoms with van der Waals surface area (Å²) in [5.74, 6) is 0.340. The largest absolute Gasteiger partial charge is 0.463 e. The smallest absolute Gasteiger partial charge is 0.255 e. The molecule has 0 spiro atoms. The van der Waals surface area contributed by atoms with Gasteiger partial charge in [-0.05, 0) is 30.9 Å². The minimum atomic E-state index is -0.171. The Balaban J connectivity index is 1.73. The number of carbonyl (C=O) groups is 1. The number of benzene rings is 1. The number of fused-ring (bicyclic) bond motifs is 1. The second-order valence-electron chi connectivity index (χ2n) is 5.67. The van der Waals surface area contributed by atoms with Crippen LogP contribution in [0.15, 0.2) is 22.8 Å². The standard InChI is InChI=1S/C15H19ClN3O2P/c16-12-7-11(14-10(13(12)17)3-6-21-14)15(20)18-8-9-1-4-19(22)5-2-9/h3,6-7,9H,1-2,4-5,8,17,22H2,(H,18,20). The summed E-state index contributed by atoms with van der Waals surface area (Å²) in [5.41, 5.74) is 7.26. The normalized spacial score (nSPS) is 17.0. The van der Waals surface area contributed by atoms with Crippen LogP contribution in [0.2, 0.25) is 5.02 Å². The average molecular weight is 340 g/mol. The molecular formula is C15H19ClN3O2P. The number of nitrogen functional groups attached to an aromatic ring is 1. The molecule has 7 heteroatoms. The van der Waals surface area contributed by atoms with Crippen molar-refractivity contribution in [2.45, 2.75) is 12.8 Å². The van der Waals surface area contributed by atoms with Crippen LogP contribution in [-0.2, 0) is 0 Å². The van der Waals surface area contributed by atoms with E-state index >= 15 is 0 Å². The second kappa shape index (κ2) is 6.45. The second-order valence-corrected chi connectivity index (χ2v) is 6.81. The first-order valence-electron chi connectivity index (χ1n) is 7.29. The summed E-state index contributed by atoms with van der Waals surface area (Å²) in [4.78, 5) is 12.4. The maximum atomic E-state index is 12.4. The number of furan rings is 1. The lowest BCUT2D eigenvalue weighted by molar-refractivity contribution is 0.0943. The molecular weight excluding hydrogens is 321 g/mol. The average Bonchev–Trinajstić information content (AvgIpc) is 3.00. The van der Waals surface area contributed by atoms with Crippen LogP contribution in [0.1, 0.15) is 23.2 Å². The van der Waals surface area contributed by atoms with E-state index in [1.54, 1.807) is 12.1 Å². The van der Waals surface area contributed by atoms with Crippen molar-refractivity contribution in [1.82, 2.24) is 9.99 Å². The summed E-state index contributed by atoms with van der Waals surface area (Å²) in [6.07, 6.45) is 3.69. The quantitative estimate of drug-likeness (QED) is 0.666. The third-order valence-corrected chi connectivity index (χ3v) is 5.00. The van der Waals surface area contributed by atoms with Gasteiger partial charge in [-0.2, -0.15) is 0 Å². The highest BCUT2D eigenvalue weighted by Crippen LogP contribution is 2.32. The molecule has 0 bridgehead atoms. The van der Waals surface area contributed by atoms with E-state index in [0.717, 1.165) is 25.9 Å². The first-order chi connectivity index (χ1) is 10.6. The molecule has 3 rings (SSSR count). The van der Waals surface area contributed by atoms with Gasteiger partial charge in [0.15, 0.2) is 0 Å². The van der Waals surface area contributed by atoms with Crippen LogP contribution in [0.4, 0.5) is 5.69 Å². The lowest BCUT2D eigenvalue weighted by Gasteiger charge is -2.28. The zero-order chi connectivity index (χ0) is 15.7. The van der Waals surface area contributed by atoms with E-state index in [9.17, 15) is 4.79 Å². The van der Waals surface area contributed by atoms with Gasteiger partial charge in [-0.25, -0.2) is 0 Å². The highest BCUT2D eigenvalue weighted by Gasteiger charge is 2.20. The molecule has 1 atom stereocenters. The highest BCUT2D eigenvalue weighted by atomic mass is 35.5. The van der Waals surface area contributed by atoms with Crippen LogP contribution < -0.4 is 11.1 Å². The molecule has 0 radical (unpaired) electrons. The molecule has 22 heavy (non-hydrogen) atoms. The van der Waals surface area contributed by atoms with E-state index in [4.69, 9.17) is 21.8 Å².